The molecule has 0 unspecified atom stereocenters. The smallest absolute Gasteiger partial charge is 0.338 e. The van der Waals surface area contributed by atoms with Crippen LogP contribution in [0.3, 0.4) is 0 Å². The van der Waals surface area contributed by atoms with Crippen LogP contribution >= 0.6 is 0 Å². The fourth-order valence-electron chi connectivity index (χ4n) is 2.89. The monoisotopic (exact) mass is 474 g/mol. The van der Waals surface area contributed by atoms with Crippen molar-refractivity contribution in [3.8, 4) is 0 Å². The molecule has 0 aliphatic carbocycles. The van der Waals surface area contributed by atoms with Gasteiger partial charge < -0.3 is 31.5 Å². The van der Waals surface area contributed by atoms with Gasteiger partial charge in [0.05, 0.1) is 12.2 Å². The minimum atomic E-state index is -1.14. The summed E-state index contributed by atoms with van der Waals surface area (Å²) >= 11 is 0. The second kappa shape index (κ2) is 12.2. The van der Waals surface area contributed by atoms with Crippen molar-refractivity contribution < 1.29 is 39.2 Å². The van der Waals surface area contributed by atoms with Gasteiger partial charge in [-0.2, -0.15) is 0 Å². The molecule has 10 heteroatoms. The van der Waals surface area contributed by atoms with E-state index in [1.807, 2.05) is 0 Å². The molecule has 1 aromatic rings. The number of carbonyl (C=O) groups excluding carboxylic acids is 1. The predicted octanol–water partition coefficient (Wildman–Crippen LogP) is 3.26. The summed E-state index contributed by atoms with van der Waals surface area (Å²) < 4.78 is 5.50. The number of rotatable bonds is 12. The number of anilines is 2. The van der Waals surface area contributed by atoms with Crippen molar-refractivity contribution >= 4 is 35.3 Å². The third-order valence-electron chi connectivity index (χ3n) is 5.26. The zero-order valence-electron chi connectivity index (χ0n) is 19.3. The first-order valence-corrected chi connectivity index (χ1v) is 10.3. The van der Waals surface area contributed by atoms with Gasteiger partial charge in [-0.05, 0) is 58.2 Å². The Morgan fingerprint density at radius 3 is 1.44 bits per heavy atom. The van der Waals surface area contributed by atoms with Crippen LogP contribution in [0, 0.1) is 5.41 Å². The summed E-state index contributed by atoms with van der Waals surface area (Å²) in [5.74, 6) is -4.16. The first-order chi connectivity index (χ1) is 15.8. The molecule has 0 fully saturated rings. The van der Waals surface area contributed by atoms with E-state index in [1.54, 1.807) is 0 Å². The van der Waals surface area contributed by atoms with Gasteiger partial charge in [0.15, 0.2) is 0 Å². The number of carbonyl (C=O) groups is 4. The number of carboxylic acid groups (broad SMARTS) is 3. The quantitative estimate of drug-likeness (QED) is 0.171. The van der Waals surface area contributed by atoms with E-state index >= 15 is 0 Å². The van der Waals surface area contributed by atoms with Crippen LogP contribution in [0.4, 0.5) is 11.4 Å². The van der Waals surface area contributed by atoms with Gasteiger partial charge in [-0.3, -0.25) is 0 Å². The molecule has 0 atom stereocenters. The Kier molecular flexibility index (Phi) is 10.1. The third-order valence-corrected chi connectivity index (χ3v) is 5.26. The molecule has 1 aromatic carbocycles. The van der Waals surface area contributed by atoms with E-state index in [2.05, 4.69) is 0 Å². The Morgan fingerprint density at radius 2 is 1.12 bits per heavy atom. The lowest BCUT2D eigenvalue weighted by molar-refractivity contribution is -0.133. The fourth-order valence-corrected chi connectivity index (χ4v) is 2.89. The molecule has 184 valence electrons. The van der Waals surface area contributed by atoms with E-state index in [1.165, 1.54) is 57.2 Å². The van der Waals surface area contributed by atoms with Gasteiger partial charge in [-0.1, -0.05) is 18.2 Å². The van der Waals surface area contributed by atoms with Crippen LogP contribution in [0.5, 0.6) is 0 Å². The highest BCUT2D eigenvalue weighted by Crippen LogP contribution is 2.35. The summed E-state index contributed by atoms with van der Waals surface area (Å²) in [5.41, 5.74) is 11.2. The summed E-state index contributed by atoms with van der Waals surface area (Å²) in [6.07, 6.45) is 4.52. The number of carboxylic acids is 3. The number of nitrogen functional groups attached to an aromatic ring is 2. The van der Waals surface area contributed by atoms with E-state index in [-0.39, 0.29) is 59.5 Å². The summed E-state index contributed by atoms with van der Waals surface area (Å²) in [6, 6.07) is 4.25. The maximum atomic E-state index is 12.7. The second-order valence-electron chi connectivity index (χ2n) is 8.15. The van der Waals surface area contributed by atoms with Gasteiger partial charge >= 0.3 is 23.9 Å². The van der Waals surface area contributed by atoms with Crippen LogP contribution in [0.2, 0.25) is 0 Å². The summed E-state index contributed by atoms with van der Waals surface area (Å²) in [7, 11) is 0. The number of benzene rings is 1. The predicted molar refractivity (Wildman–Crippen MR) is 126 cm³/mol. The van der Waals surface area contributed by atoms with E-state index < -0.39 is 29.3 Å². The Balaban J connectivity index is 3.40. The lowest BCUT2D eigenvalue weighted by atomic mass is 9.77. The lowest BCUT2D eigenvalue weighted by Gasteiger charge is -2.31. The Bertz CT molecular complexity index is 954. The third kappa shape index (κ3) is 8.81. The number of hydrogen-bond acceptors (Lipinski definition) is 7. The number of allylic oxidation sites excluding steroid dienone is 3. The van der Waals surface area contributed by atoms with Gasteiger partial charge in [-0.15, -0.1) is 0 Å². The fraction of sp³-hybridized carbons (Fsp3) is 0.333. The number of esters is 1. The topological polar surface area (TPSA) is 190 Å². The van der Waals surface area contributed by atoms with Crippen molar-refractivity contribution in [2.24, 2.45) is 5.41 Å². The first kappa shape index (κ1) is 28.0. The summed E-state index contributed by atoms with van der Waals surface area (Å²) in [4.78, 5) is 46.5. The molecule has 7 N–H and O–H groups in total. The largest absolute Gasteiger partial charge is 0.478 e. The van der Waals surface area contributed by atoms with Crippen LogP contribution in [-0.4, -0.2) is 45.8 Å². The van der Waals surface area contributed by atoms with Crippen LogP contribution < -0.4 is 11.5 Å². The van der Waals surface area contributed by atoms with Crippen molar-refractivity contribution in [1.29, 1.82) is 0 Å². The molecular weight excluding hydrogens is 444 g/mol. The highest BCUT2D eigenvalue weighted by atomic mass is 16.5. The van der Waals surface area contributed by atoms with Crippen LogP contribution in [0.25, 0.3) is 0 Å². The maximum absolute atomic E-state index is 12.7. The normalized spacial score (nSPS) is 14.3. The van der Waals surface area contributed by atoms with Gasteiger partial charge in [0, 0.05) is 33.5 Å². The molecule has 0 spiro atoms. The van der Waals surface area contributed by atoms with E-state index in [0.717, 1.165) is 0 Å². The second-order valence-corrected chi connectivity index (χ2v) is 8.15. The van der Waals surface area contributed by atoms with Crippen molar-refractivity contribution in [3.05, 3.63) is 58.7 Å². The zero-order valence-corrected chi connectivity index (χ0v) is 19.3. The molecule has 0 amide bonds. The molecule has 0 heterocycles. The molecule has 0 saturated heterocycles. The lowest BCUT2D eigenvalue weighted by Crippen LogP contribution is -2.28. The molecule has 0 aromatic heterocycles. The average molecular weight is 475 g/mol. The van der Waals surface area contributed by atoms with Gasteiger partial charge in [0.1, 0.15) is 0 Å². The van der Waals surface area contributed by atoms with Crippen molar-refractivity contribution in [2.75, 3.05) is 18.1 Å². The summed E-state index contributed by atoms with van der Waals surface area (Å²) in [6.45, 7) is 3.93. The Morgan fingerprint density at radius 1 is 0.765 bits per heavy atom. The van der Waals surface area contributed by atoms with Crippen molar-refractivity contribution in [2.45, 2.75) is 40.0 Å². The van der Waals surface area contributed by atoms with Gasteiger partial charge in [0.2, 0.25) is 0 Å². The average Bonchev–Trinajstić information content (AvgIpc) is 2.76. The Labute approximate surface area is 197 Å². The molecule has 34 heavy (non-hydrogen) atoms. The zero-order chi connectivity index (χ0) is 26.1. The highest BCUT2D eigenvalue weighted by molar-refractivity contribution is 5.92. The molecule has 0 aliphatic heterocycles. The van der Waals surface area contributed by atoms with E-state index in [9.17, 15) is 34.5 Å². The number of aliphatic carboxylic acids is 3. The van der Waals surface area contributed by atoms with Crippen molar-refractivity contribution in [3.63, 3.8) is 0 Å². The SMILES string of the molecule is CC(=CCC(CC=C(C)C(=O)O)(CC=C(C)C(=O)O)COC(=O)c1cc(N)cc(N)c1)C(=O)O. The van der Waals surface area contributed by atoms with E-state index in [4.69, 9.17) is 16.2 Å². The summed E-state index contributed by atoms with van der Waals surface area (Å²) in [5, 5.41) is 27.7. The minimum absolute atomic E-state index is 0.0391. The van der Waals surface area contributed by atoms with Gasteiger partial charge in [-0.25, -0.2) is 19.2 Å². The molecular formula is C24H30N2O8. The molecule has 0 saturated carbocycles. The van der Waals surface area contributed by atoms with Crippen LogP contribution in [0.15, 0.2) is 53.1 Å². The van der Waals surface area contributed by atoms with Crippen LogP contribution in [-0.2, 0) is 19.1 Å². The van der Waals surface area contributed by atoms with Gasteiger partial charge in [0.25, 0.3) is 0 Å². The standard InChI is InChI=1S/C24H30N2O8/c1-14(20(27)28)4-7-24(8-5-15(2)21(29)30,9-6-16(3)22(31)32)13-34-23(33)17-10-18(25)12-19(26)11-17/h4-6,10-12H,7-9,13,25-26H2,1-3H3,(H,27,28)(H,29,30)(H,31,32). The molecule has 0 bridgehead atoms. The molecule has 1 rings (SSSR count). The molecule has 10 nitrogen and oxygen atoms in total. The molecule has 0 radical (unpaired) electrons. The van der Waals surface area contributed by atoms with Crippen LogP contribution in [0.1, 0.15) is 50.4 Å². The molecule has 0 aliphatic rings. The van der Waals surface area contributed by atoms with Crippen molar-refractivity contribution in [1.82, 2.24) is 0 Å². The number of nitrogens with two attached hydrogens (primary N) is 2. The van der Waals surface area contributed by atoms with E-state index in [0.29, 0.717) is 0 Å². The Hall–Kier alpha value is -4.08. The highest BCUT2D eigenvalue weighted by Gasteiger charge is 2.31. The maximum Gasteiger partial charge on any atom is 0.338 e. The number of ether oxygens (including phenoxy) is 1. The first-order valence-electron chi connectivity index (χ1n) is 10.3. The number of hydrogen-bond donors (Lipinski definition) is 5. The minimum Gasteiger partial charge on any atom is -0.478 e.